The van der Waals surface area contributed by atoms with Crippen LogP contribution in [0.3, 0.4) is 0 Å². The van der Waals surface area contributed by atoms with Crippen molar-refractivity contribution in [2.75, 3.05) is 0 Å². The minimum Gasteiger partial charge on any atom is -0.467 e. The highest BCUT2D eigenvalue weighted by Gasteiger charge is 2.04. The predicted octanol–water partition coefficient (Wildman–Crippen LogP) is 1.40. The third kappa shape index (κ3) is 3.09. The van der Waals surface area contributed by atoms with E-state index in [1.807, 2.05) is 12.3 Å². The maximum absolute atomic E-state index is 11.5. The van der Waals surface area contributed by atoms with E-state index in [4.69, 9.17) is 4.42 Å². The van der Waals surface area contributed by atoms with Crippen LogP contribution >= 0.6 is 22.6 Å². The molecule has 2 heterocycles. The number of halogens is 1. The van der Waals surface area contributed by atoms with E-state index in [1.165, 1.54) is 0 Å². The summed E-state index contributed by atoms with van der Waals surface area (Å²) in [4.78, 5) is 11.5. The van der Waals surface area contributed by atoms with Gasteiger partial charge < -0.3 is 9.73 Å². The topological polar surface area (TPSA) is 60.1 Å². The molecular formula is C10H10IN3O2. The van der Waals surface area contributed by atoms with E-state index in [1.54, 1.807) is 23.2 Å². The maximum atomic E-state index is 11.5. The zero-order chi connectivity index (χ0) is 11.4. The number of hydrogen-bond donors (Lipinski definition) is 1. The number of hydrogen-bond acceptors (Lipinski definition) is 3. The van der Waals surface area contributed by atoms with Crippen molar-refractivity contribution < 1.29 is 9.21 Å². The molecule has 0 bridgehead atoms. The second-order valence-corrected chi connectivity index (χ2v) is 4.46. The van der Waals surface area contributed by atoms with Crippen molar-refractivity contribution in [3.05, 3.63) is 40.1 Å². The van der Waals surface area contributed by atoms with Gasteiger partial charge in [0.2, 0.25) is 5.91 Å². The van der Waals surface area contributed by atoms with Crippen LogP contribution in [-0.2, 0) is 17.9 Å². The Morgan fingerprint density at radius 2 is 2.50 bits per heavy atom. The summed E-state index contributed by atoms with van der Waals surface area (Å²) in [6.45, 7) is 0.633. The van der Waals surface area contributed by atoms with Gasteiger partial charge in [0.25, 0.3) is 0 Å². The Morgan fingerprint density at radius 1 is 1.62 bits per heavy atom. The van der Waals surface area contributed by atoms with Crippen molar-refractivity contribution in [2.24, 2.45) is 0 Å². The van der Waals surface area contributed by atoms with Gasteiger partial charge in [-0.3, -0.25) is 9.48 Å². The lowest BCUT2D eigenvalue weighted by Crippen LogP contribution is -2.27. The molecule has 0 aliphatic rings. The van der Waals surface area contributed by atoms with Gasteiger partial charge in [-0.05, 0) is 34.7 Å². The average Bonchev–Trinajstić information content (AvgIpc) is 2.87. The molecule has 0 spiro atoms. The second-order valence-electron chi connectivity index (χ2n) is 3.21. The summed E-state index contributed by atoms with van der Waals surface area (Å²) in [7, 11) is 0. The first-order valence-electron chi connectivity index (χ1n) is 4.71. The first-order valence-corrected chi connectivity index (χ1v) is 5.79. The highest BCUT2D eigenvalue weighted by Crippen LogP contribution is 2.01. The zero-order valence-electron chi connectivity index (χ0n) is 8.39. The van der Waals surface area contributed by atoms with Gasteiger partial charge in [0.1, 0.15) is 12.3 Å². The smallest absolute Gasteiger partial charge is 0.242 e. The summed E-state index contributed by atoms with van der Waals surface area (Å²) in [6.07, 6.45) is 5.10. The van der Waals surface area contributed by atoms with E-state index in [2.05, 4.69) is 33.0 Å². The number of nitrogens with zero attached hydrogens (tertiary/aromatic N) is 2. The molecular weight excluding hydrogens is 321 g/mol. The summed E-state index contributed by atoms with van der Waals surface area (Å²) in [6, 6.07) is 3.61. The van der Waals surface area contributed by atoms with Crippen LogP contribution < -0.4 is 5.32 Å². The van der Waals surface area contributed by atoms with Crippen LogP contribution in [0.25, 0.3) is 0 Å². The molecule has 1 N–H and O–H groups in total. The fourth-order valence-electron chi connectivity index (χ4n) is 1.23. The van der Waals surface area contributed by atoms with Crippen LogP contribution in [0.1, 0.15) is 5.76 Å². The summed E-state index contributed by atoms with van der Waals surface area (Å²) in [5.41, 5.74) is 0. The molecule has 0 aromatic carbocycles. The number of nitrogens with one attached hydrogen (secondary N) is 1. The molecule has 0 unspecified atom stereocenters. The first kappa shape index (κ1) is 11.2. The molecule has 6 heteroatoms. The third-order valence-corrected chi connectivity index (χ3v) is 2.50. The molecule has 5 nitrogen and oxygen atoms in total. The minimum atomic E-state index is -0.0871. The van der Waals surface area contributed by atoms with Crippen molar-refractivity contribution in [2.45, 2.75) is 13.1 Å². The van der Waals surface area contributed by atoms with Gasteiger partial charge in [0.15, 0.2) is 0 Å². The first-order chi connectivity index (χ1) is 7.74. The van der Waals surface area contributed by atoms with E-state index in [-0.39, 0.29) is 12.5 Å². The van der Waals surface area contributed by atoms with E-state index < -0.39 is 0 Å². The summed E-state index contributed by atoms with van der Waals surface area (Å²) < 4.78 is 7.71. The molecule has 0 saturated heterocycles. The van der Waals surface area contributed by atoms with Gasteiger partial charge in [-0.2, -0.15) is 5.10 Å². The molecule has 2 aromatic rings. The Bertz CT molecular complexity index is 464. The van der Waals surface area contributed by atoms with Gasteiger partial charge in [0.05, 0.1) is 22.6 Å². The number of rotatable bonds is 4. The number of aromatic nitrogens is 2. The Labute approximate surface area is 106 Å². The molecule has 0 aliphatic heterocycles. The molecule has 0 fully saturated rings. The largest absolute Gasteiger partial charge is 0.467 e. The highest BCUT2D eigenvalue weighted by molar-refractivity contribution is 14.1. The third-order valence-electron chi connectivity index (χ3n) is 1.95. The van der Waals surface area contributed by atoms with Crippen molar-refractivity contribution >= 4 is 28.5 Å². The van der Waals surface area contributed by atoms with Crippen LogP contribution in [0, 0.1) is 3.57 Å². The van der Waals surface area contributed by atoms with Gasteiger partial charge in [0, 0.05) is 6.20 Å². The monoisotopic (exact) mass is 331 g/mol. The maximum Gasteiger partial charge on any atom is 0.242 e. The Kier molecular flexibility index (Phi) is 3.60. The molecule has 1 amide bonds. The molecule has 0 atom stereocenters. The van der Waals surface area contributed by atoms with Gasteiger partial charge >= 0.3 is 0 Å². The normalized spacial score (nSPS) is 10.3. The Balaban J connectivity index is 1.81. The van der Waals surface area contributed by atoms with Crippen molar-refractivity contribution in [3.8, 4) is 0 Å². The molecule has 0 radical (unpaired) electrons. The van der Waals surface area contributed by atoms with Crippen molar-refractivity contribution in [1.29, 1.82) is 0 Å². The van der Waals surface area contributed by atoms with E-state index in [0.29, 0.717) is 6.54 Å². The van der Waals surface area contributed by atoms with E-state index >= 15 is 0 Å². The number of carbonyl (C=O) groups is 1. The standard InChI is InChI=1S/C10H10IN3O2/c11-8-4-13-14(6-8)7-10(15)12-5-9-2-1-3-16-9/h1-4,6H,5,7H2,(H,12,15). The van der Waals surface area contributed by atoms with Crippen LogP contribution in [0.4, 0.5) is 0 Å². The van der Waals surface area contributed by atoms with Gasteiger partial charge in [-0.1, -0.05) is 0 Å². The second kappa shape index (κ2) is 5.15. The molecule has 2 rings (SSSR count). The van der Waals surface area contributed by atoms with Crippen molar-refractivity contribution in [3.63, 3.8) is 0 Å². The predicted molar refractivity (Wildman–Crippen MR) is 65.5 cm³/mol. The summed E-state index contributed by atoms with van der Waals surface area (Å²) >= 11 is 2.15. The summed E-state index contributed by atoms with van der Waals surface area (Å²) in [5, 5.41) is 6.77. The zero-order valence-corrected chi connectivity index (χ0v) is 10.5. The average molecular weight is 331 g/mol. The Morgan fingerprint density at radius 3 is 3.12 bits per heavy atom. The lowest BCUT2D eigenvalue weighted by Gasteiger charge is -2.02. The van der Waals surface area contributed by atoms with Crippen LogP contribution in [0.15, 0.2) is 35.2 Å². The fraction of sp³-hybridized carbons (Fsp3) is 0.200. The number of furan rings is 1. The summed E-state index contributed by atoms with van der Waals surface area (Å²) in [5.74, 6) is 0.652. The van der Waals surface area contributed by atoms with Crippen LogP contribution in [0.2, 0.25) is 0 Å². The fourth-order valence-corrected chi connectivity index (χ4v) is 1.67. The SMILES string of the molecule is O=C(Cn1cc(I)cn1)NCc1ccco1. The molecule has 2 aromatic heterocycles. The van der Waals surface area contributed by atoms with E-state index in [9.17, 15) is 4.79 Å². The lowest BCUT2D eigenvalue weighted by atomic mass is 10.4. The quantitative estimate of drug-likeness (QED) is 0.862. The molecule has 16 heavy (non-hydrogen) atoms. The minimum absolute atomic E-state index is 0.0871. The molecule has 0 saturated carbocycles. The highest BCUT2D eigenvalue weighted by atomic mass is 127. The van der Waals surface area contributed by atoms with Crippen LogP contribution in [-0.4, -0.2) is 15.7 Å². The molecule has 0 aliphatic carbocycles. The van der Waals surface area contributed by atoms with Crippen molar-refractivity contribution in [1.82, 2.24) is 15.1 Å². The molecule has 84 valence electrons. The lowest BCUT2D eigenvalue weighted by molar-refractivity contribution is -0.122. The number of amides is 1. The number of carbonyl (C=O) groups excluding carboxylic acids is 1. The van der Waals surface area contributed by atoms with Gasteiger partial charge in [-0.25, -0.2) is 0 Å². The van der Waals surface area contributed by atoms with Crippen LogP contribution in [0.5, 0.6) is 0 Å². The van der Waals surface area contributed by atoms with Gasteiger partial charge in [-0.15, -0.1) is 0 Å². The Hall–Kier alpha value is -1.31. The van der Waals surface area contributed by atoms with E-state index in [0.717, 1.165) is 9.33 Å².